The van der Waals surface area contributed by atoms with Gasteiger partial charge in [0.25, 0.3) is 0 Å². The molecule has 0 radical (unpaired) electrons. The molecular formula is C10H16O6Sn. The first kappa shape index (κ1) is 14.3. The second-order valence-corrected chi connectivity index (χ2v) is 12.5. The van der Waals surface area contributed by atoms with Crippen LogP contribution in [0.5, 0.6) is 0 Å². The standard InChI is InChI=1S/C4H6O4.C3H6O2.C3H7.Sn/c5-3(6)1-2-4(7)8;1-2-3(4)5;1-3-2;/h1-2H2,(H,5,6)(H,7,8);2H2,1H3,(H,4,5);3H,1-2H3;/q;;;+3/p-3. The Balaban J connectivity index is 2.98. The summed E-state index contributed by atoms with van der Waals surface area (Å²) in [6.45, 7) is 5.08. The Kier molecular flexibility index (Phi) is 4.79. The molecule has 0 bridgehead atoms. The molecule has 0 N–H and O–H groups in total. The van der Waals surface area contributed by atoms with Crippen LogP contribution >= 0.6 is 0 Å². The van der Waals surface area contributed by atoms with Crippen LogP contribution in [0.2, 0.25) is 3.93 Å². The van der Waals surface area contributed by atoms with E-state index in [1.54, 1.807) is 20.8 Å². The van der Waals surface area contributed by atoms with Gasteiger partial charge in [0.15, 0.2) is 0 Å². The van der Waals surface area contributed by atoms with E-state index in [2.05, 4.69) is 0 Å². The molecule has 1 heterocycles. The predicted molar refractivity (Wildman–Crippen MR) is 58.7 cm³/mol. The minimum absolute atomic E-state index is 0.0199. The number of rotatable bonds is 3. The average Bonchev–Trinajstić information content (AvgIpc) is 2.38. The molecule has 0 aromatic heterocycles. The summed E-state index contributed by atoms with van der Waals surface area (Å²) in [6.07, 6.45) is 0.113. The molecule has 0 aromatic carbocycles. The molecule has 0 aromatic rings. The van der Waals surface area contributed by atoms with E-state index in [-0.39, 0.29) is 23.2 Å². The van der Waals surface area contributed by atoms with Gasteiger partial charge in [-0.2, -0.15) is 0 Å². The molecule has 96 valence electrons. The minimum atomic E-state index is -4.41. The van der Waals surface area contributed by atoms with Crippen LogP contribution in [-0.4, -0.2) is 37.5 Å². The molecule has 6 nitrogen and oxygen atoms in total. The van der Waals surface area contributed by atoms with Gasteiger partial charge in [-0.15, -0.1) is 0 Å². The van der Waals surface area contributed by atoms with Crippen molar-refractivity contribution < 1.29 is 23.6 Å². The first-order valence-electron chi connectivity index (χ1n) is 5.55. The van der Waals surface area contributed by atoms with Gasteiger partial charge in [-0.25, -0.2) is 0 Å². The molecule has 1 aliphatic heterocycles. The third-order valence-corrected chi connectivity index (χ3v) is 10.7. The van der Waals surface area contributed by atoms with Gasteiger partial charge >= 0.3 is 105 Å². The first-order chi connectivity index (χ1) is 7.89. The van der Waals surface area contributed by atoms with Gasteiger partial charge in [-0.3, -0.25) is 0 Å². The van der Waals surface area contributed by atoms with Crippen molar-refractivity contribution in [2.75, 3.05) is 0 Å². The molecule has 0 spiro atoms. The summed E-state index contributed by atoms with van der Waals surface area (Å²) in [5.41, 5.74) is 0. The van der Waals surface area contributed by atoms with Gasteiger partial charge in [0.2, 0.25) is 0 Å². The van der Waals surface area contributed by atoms with Gasteiger partial charge in [-0.05, 0) is 0 Å². The van der Waals surface area contributed by atoms with Crippen molar-refractivity contribution in [3.05, 3.63) is 0 Å². The summed E-state index contributed by atoms with van der Waals surface area (Å²) in [7, 11) is 0. The first-order valence-corrected chi connectivity index (χ1v) is 10.7. The normalized spacial score (nSPS) is 19.3. The molecule has 0 unspecified atom stereocenters. The molecule has 0 saturated carbocycles. The van der Waals surface area contributed by atoms with Gasteiger partial charge in [-0.1, -0.05) is 0 Å². The van der Waals surface area contributed by atoms with E-state index in [4.69, 9.17) is 9.22 Å². The summed E-state index contributed by atoms with van der Waals surface area (Å²) in [5, 5.41) is 0. The van der Waals surface area contributed by atoms with Crippen molar-refractivity contribution in [1.29, 1.82) is 0 Å². The zero-order valence-corrected chi connectivity index (χ0v) is 13.0. The maximum atomic E-state index is 11.4. The number of hydrogen-bond donors (Lipinski definition) is 0. The Bertz CT molecular complexity index is 320. The van der Waals surface area contributed by atoms with E-state index in [0.29, 0.717) is 0 Å². The van der Waals surface area contributed by atoms with E-state index in [1.165, 1.54) is 0 Å². The van der Waals surface area contributed by atoms with Gasteiger partial charge in [0.1, 0.15) is 0 Å². The topological polar surface area (TPSA) is 78.9 Å². The van der Waals surface area contributed by atoms with Crippen LogP contribution in [0.4, 0.5) is 0 Å². The van der Waals surface area contributed by atoms with Crippen LogP contribution < -0.4 is 0 Å². The van der Waals surface area contributed by atoms with Crippen LogP contribution in [0.25, 0.3) is 0 Å². The van der Waals surface area contributed by atoms with E-state index < -0.39 is 37.5 Å². The van der Waals surface area contributed by atoms with Gasteiger partial charge in [0, 0.05) is 0 Å². The zero-order chi connectivity index (χ0) is 13.1. The predicted octanol–water partition coefficient (Wildman–Crippen LogP) is 1.17. The Morgan fingerprint density at radius 2 is 1.76 bits per heavy atom. The van der Waals surface area contributed by atoms with Crippen molar-refractivity contribution in [3.63, 3.8) is 0 Å². The van der Waals surface area contributed by atoms with Gasteiger partial charge < -0.3 is 0 Å². The van der Waals surface area contributed by atoms with Crippen molar-refractivity contribution in [2.45, 2.75) is 44.0 Å². The van der Waals surface area contributed by atoms with Crippen molar-refractivity contribution >= 4 is 37.5 Å². The second-order valence-electron chi connectivity index (χ2n) is 4.03. The molecule has 17 heavy (non-hydrogen) atoms. The van der Waals surface area contributed by atoms with E-state index >= 15 is 0 Å². The summed E-state index contributed by atoms with van der Waals surface area (Å²) in [4.78, 5) is 34.2. The van der Waals surface area contributed by atoms with E-state index in [0.717, 1.165) is 0 Å². The van der Waals surface area contributed by atoms with Crippen LogP contribution in [0.15, 0.2) is 0 Å². The Labute approximate surface area is 105 Å². The third-order valence-electron chi connectivity index (χ3n) is 2.30. The average molecular weight is 351 g/mol. The number of hydrogen-bond acceptors (Lipinski definition) is 6. The van der Waals surface area contributed by atoms with Crippen molar-refractivity contribution in [1.82, 2.24) is 0 Å². The quantitative estimate of drug-likeness (QED) is 0.711. The fourth-order valence-electron chi connectivity index (χ4n) is 1.27. The van der Waals surface area contributed by atoms with Crippen LogP contribution in [0.3, 0.4) is 0 Å². The molecule has 1 rings (SSSR count). The maximum absolute atomic E-state index is 11.4. The monoisotopic (exact) mass is 352 g/mol. The molecule has 0 atom stereocenters. The third kappa shape index (κ3) is 3.58. The fraction of sp³-hybridized carbons (Fsp3) is 0.700. The van der Waals surface area contributed by atoms with Crippen molar-refractivity contribution in [2.24, 2.45) is 0 Å². The summed E-state index contributed by atoms with van der Waals surface area (Å²) in [6, 6.07) is 0. The molecular weight excluding hydrogens is 335 g/mol. The molecule has 1 aliphatic rings. The summed E-state index contributed by atoms with van der Waals surface area (Å²) >= 11 is -4.41. The number of carbonyl (C=O) groups is 3. The SMILES string of the molecule is CCC(=O)[O][Sn]1([CH](C)C)[O]C(=O)CCC(=O)[O]1. The van der Waals surface area contributed by atoms with Crippen LogP contribution in [-0.2, 0) is 23.6 Å². The van der Waals surface area contributed by atoms with Gasteiger partial charge in [0.05, 0.1) is 0 Å². The Morgan fingerprint density at radius 3 is 2.12 bits per heavy atom. The summed E-state index contributed by atoms with van der Waals surface area (Å²) in [5.74, 6) is -1.55. The molecule has 0 amide bonds. The molecule has 7 heteroatoms. The summed E-state index contributed by atoms with van der Waals surface area (Å²) < 4.78 is 15.3. The van der Waals surface area contributed by atoms with Crippen LogP contribution in [0.1, 0.15) is 40.0 Å². The van der Waals surface area contributed by atoms with Crippen molar-refractivity contribution in [3.8, 4) is 0 Å². The Hall–Kier alpha value is -0.791. The van der Waals surface area contributed by atoms with Crippen LogP contribution in [0, 0.1) is 0 Å². The Morgan fingerprint density at radius 1 is 1.29 bits per heavy atom. The zero-order valence-electron chi connectivity index (χ0n) is 10.1. The second kappa shape index (κ2) is 5.70. The molecule has 1 saturated heterocycles. The molecule has 0 aliphatic carbocycles. The molecule has 1 fully saturated rings. The fourth-order valence-corrected chi connectivity index (χ4v) is 7.36. The number of carbonyl (C=O) groups excluding carboxylic acids is 3. The van der Waals surface area contributed by atoms with E-state index in [1.807, 2.05) is 0 Å². The van der Waals surface area contributed by atoms with E-state index in [9.17, 15) is 14.4 Å².